The van der Waals surface area contributed by atoms with E-state index in [1.165, 1.54) is 14.0 Å². The monoisotopic (exact) mass is 699 g/mol. The number of carbonyl (C=O) groups is 4. The van der Waals surface area contributed by atoms with Gasteiger partial charge >= 0.3 is 5.97 Å². The Morgan fingerprint density at radius 2 is 1.58 bits per heavy atom. The molecule has 4 N–H and O–H groups in total. The molecule has 0 saturated carbocycles. The lowest BCUT2D eigenvalue weighted by atomic mass is 10.1. The lowest BCUT2D eigenvalue weighted by molar-refractivity contribution is -0.122. The molecular weight excluding hydrogens is 683 g/mol. The van der Waals surface area contributed by atoms with Crippen molar-refractivity contribution in [2.24, 2.45) is 0 Å². The molecule has 1 atom stereocenters. The Morgan fingerprint density at radius 1 is 1.04 bits per heavy atom. The van der Waals surface area contributed by atoms with Gasteiger partial charge in [-0.1, -0.05) is 6.92 Å². The van der Waals surface area contributed by atoms with Crippen LogP contribution in [0.3, 0.4) is 0 Å². The molecule has 1 aromatic rings. The number of likely N-dealkylation sites (N-methyl/N-ethyl adjacent to an activating group) is 1. The van der Waals surface area contributed by atoms with Gasteiger partial charge in [0.15, 0.2) is 0 Å². The molecule has 0 aliphatic carbocycles. The fourth-order valence-corrected chi connectivity index (χ4v) is 6.48. The highest BCUT2D eigenvalue weighted by atomic mass is 127. The first kappa shape index (κ1) is 23.3. The maximum atomic E-state index is 12.8. The zero-order chi connectivity index (χ0) is 20.2. The third-order valence-corrected chi connectivity index (χ3v) is 6.57. The number of nitrogens with one attached hydrogen (secondary N) is 3. The molecule has 8 nitrogen and oxygen atoms in total. The molecule has 0 bridgehead atoms. The summed E-state index contributed by atoms with van der Waals surface area (Å²) >= 11 is 5.51. The van der Waals surface area contributed by atoms with Gasteiger partial charge < -0.3 is 21.1 Å². The van der Waals surface area contributed by atoms with Gasteiger partial charge in [0.25, 0.3) is 5.91 Å². The summed E-state index contributed by atoms with van der Waals surface area (Å²) in [6.45, 7) is 3.04. The SMILES string of the molecule is CCC(NC(=O)c1c(I)c(NC(C)=O)c(I)c(C(=O)O)c1I)C(=O)NC. The van der Waals surface area contributed by atoms with E-state index in [2.05, 4.69) is 16.0 Å². The average Bonchev–Trinajstić information content (AvgIpc) is 2.55. The van der Waals surface area contributed by atoms with Crippen LogP contribution in [0, 0.1) is 10.7 Å². The van der Waals surface area contributed by atoms with Crippen molar-refractivity contribution in [1.82, 2.24) is 10.6 Å². The molecule has 3 amide bonds. The van der Waals surface area contributed by atoms with Crippen molar-refractivity contribution >= 4 is 97.2 Å². The molecule has 0 radical (unpaired) electrons. The Bertz CT molecular complexity index is 783. The lowest BCUT2D eigenvalue weighted by Crippen LogP contribution is -2.45. The number of benzene rings is 1. The Morgan fingerprint density at radius 3 is 2.00 bits per heavy atom. The smallest absolute Gasteiger partial charge is 0.337 e. The summed E-state index contributed by atoms with van der Waals surface area (Å²) in [4.78, 5) is 47.8. The molecule has 0 saturated heterocycles. The minimum Gasteiger partial charge on any atom is -0.478 e. The van der Waals surface area contributed by atoms with Crippen LogP contribution >= 0.6 is 67.8 Å². The van der Waals surface area contributed by atoms with E-state index in [4.69, 9.17) is 0 Å². The molecule has 0 fully saturated rings. The highest BCUT2D eigenvalue weighted by Gasteiger charge is 2.29. The molecule has 1 unspecified atom stereocenters. The van der Waals surface area contributed by atoms with Gasteiger partial charge in [0.05, 0.1) is 24.0 Å². The van der Waals surface area contributed by atoms with Gasteiger partial charge in [0.2, 0.25) is 11.8 Å². The maximum absolute atomic E-state index is 12.8. The van der Waals surface area contributed by atoms with Gasteiger partial charge in [-0.05, 0) is 74.2 Å². The van der Waals surface area contributed by atoms with Crippen LogP contribution in [0.15, 0.2) is 0 Å². The Kier molecular flexibility index (Phi) is 8.98. The number of amides is 3. The van der Waals surface area contributed by atoms with Crippen LogP contribution < -0.4 is 16.0 Å². The van der Waals surface area contributed by atoms with Crippen LogP contribution in [-0.4, -0.2) is 41.9 Å². The van der Waals surface area contributed by atoms with Crippen LogP contribution in [-0.2, 0) is 9.59 Å². The fourth-order valence-electron chi connectivity index (χ4n) is 2.09. The van der Waals surface area contributed by atoms with Crippen molar-refractivity contribution < 1.29 is 24.3 Å². The molecule has 0 aliphatic heterocycles. The number of carbonyl (C=O) groups excluding carboxylic acids is 3. The first-order chi connectivity index (χ1) is 12.1. The predicted molar refractivity (Wildman–Crippen MR) is 121 cm³/mol. The highest BCUT2D eigenvalue weighted by molar-refractivity contribution is 14.1. The zero-order valence-electron chi connectivity index (χ0n) is 14.0. The first-order valence-corrected chi connectivity index (χ1v) is 10.5. The minimum absolute atomic E-state index is 0.0755. The van der Waals surface area contributed by atoms with Gasteiger partial charge in [-0.3, -0.25) is 14.4 Å². The van der Waals surface area contributed by atoms with Crippen molar-refractivity contribution in [3.63, 3.8) is 0 Å². The molecular formula is C15H16I3N3O5. The lowest BCUT2D eigenvalue weighted by Gasteiger charge is -2.20. The first-order valence-electron chi connectivity index (χ1n) is 7.30. The molecule has 0 aliphatic rings. The standard InChI is InChI=1S/C15H16I3N3O5/c1-4-6(13(23)19-3)21-14(24)7-9(16)8(15(25)26)11(18)12(10(7)17)20-5(2)22/h6H,4H2,1-3H3,(H,19,23)(H,20,22)(H,21,24)(H,25,26). The molecule has 0 heterocycles. The van der Waals surface area contributed by atoms with Crippen molar-refractivity contribution in [1.29, 1.82) is 0 Å². The normalized spacial score (nSPS) is 11.5. The molecule has 26 heavy (non-hydrogen) atoms. The molecule has 0 aromatic heterocycles. The predicted octanol–water partition coefficient (Wildman–Crippen LogP) is 2.41. The van der Waals surface area contributed by atoms with E-state index in [9.17, 15) is 24.3 Å². The van der Waals surface area contributed by atoms with E-state index >= 15 is 0 Å². The van der Waals surface area contributed by atoms with E-state index in [1.54, 1.807) is 29.5 Å². The third-order valence-electron chi connectivity index (χ3n) is 3.34. The number of halogens is 3. The van der Waals surface area contributed by atoms with Crippen LogP contribution in [0.2, 0.25) is 0 Å². The van der Waals surface area contributed by atoms with Crippen LogP contribution in [0.25, 0.3) is 0 Å². The summed E-state index contributed by atoms with van der Waals surface area (Å²) in [6.07, 6.45) is 0.368. The molecule has 11 heteroatoms. The van der Waals surface area contributed by atoms with Gasteiger partial charge in [-0.25, -0.2) is 4.79 Å². The highest BCUT2D eigenvalue weighted by Crippen LogP contribution is 2.35. The Labute approximate surface area is 191 Å². The van der Waals surface area contributed by atoms with Crippen molar-refractivity contribution in [2.75, 3.05) is 12.4 Å². The zero-order valence-corrected chi connectivity index (χ0v) is 20.5. The van der Waals surface area contributed by atoms with Crippen LogP contribution in [0.1, 0.15) is 41.0 Å². The minimum atomic E-state index is -1.21. The van der Waals surface area contributed by atoms with Gasteiger partial charge in [-0.2, -0.15) is 0 Å². The van der Waals surface area contributed by atoms with E-state index in [-0.39, 0.29) is 32.2 Å². The van der Waals surface area contributed by atoms with E-state index in [1.807, 2.05) is 45.2 Å². The number of aromatic carboxylic acids is 1. The van der Waals surface area contributed by atoms with Crippen LogP contribution in [0.4, 0.5) is 5.69 Å². The van der Waals surface area contributed by atoms with Gasteiger partial charge in [0, 0.05) is 17.5 Å². The summed E-state index contributed by atoms with van der Waals surface area (Å²) in [5.41, 5.74) is 0.290. The second-order valence-electron chi connectivity index (χ2n) is 5.10. The number of carboxylic acids is 1. The van der Waals surface area contributed by atoms with Crippen molar-refractivity contribution in [3.8, 4) is 0 Å². The van der Waals surface area contributed by atoms with Crippen molar-refractivity contribution in [2.45, 2.75) is 26.3 Å². The largest absolute Gasteiger partial charge is 0.478 e. The van der Waals surface area contributed by atoms with Crippen molar-refractivity contribution in [3.05, 3.63) is 21.8 Å². The second kappa shape index (κ2) is 10.0. The molecule has 1 rings (SSSR count). The summed E-state index contributed by atoms with van der Waals surface area (Å²) in [6, 6.07) is -0.754. The van der Waals surface area contributed by atoms with Gasteiger partial charge in [0.1, 0.15) is 6.04 Å². The molecule has 0 spiro atoms. The summed E-state index contributed by atoms with van der Waals surface area (Å²) < 4.78 is 0.970. The quantitative estimate of drug-likeness (QED) is 0.340. The van der Waals surface area contributed by atoms with E-state index in [0.717, 1.165) is 0 Å². The third kappa shape index (κ3) is 5.17. The number of hydrogen-bond donors (Lipinski definition) is 4. The van der Waals surface area contributed by atoms with Gasteiger partial charge in [-0.15, -0.1) is 0 Å². The Hall–Kier alpha value is -0.710. The average molecular weight is 699 g/mol. The summed E-state index contributed by atoms with van der Waals surface area (Å²) in [7, 11) is 1.47. The molecule has 142 valence electrons. The number of hydrogen-bond acceptors (Lipinski definition) is 4. The number of anilines is 1. The topological polar surface area (TPSA) is 125 Å². The number of carboxylic acid groups (broad SMARTS) is 1. The maximum Gasteiger partial charge on any atom is 0.337 e. The fraction of sp³-hybridized carbons (Fsp3) is 0.333. The van der Waals surface area contributed by atoms with E-state index in [0.29, 0.717) is 13.6 Å². The van der Waals surface area contributed by atoms with Crippen LogP contribution in [0.5, 0.6) is 0 Å². The second-order valence-corrected chi connectivity index (χ2v) is 8.34. The molecule has 1 aromatic carbocycles. The number of rotatable bonds is 6. The Balaban J connectivity index is 3.57. The summed E-state index contributed by atoms with van der Waals surface area (Å²) in [5, 5.41) is 17.2. The summed E-state index contributed by atoms with van der Waals surface area (Å²) in [5.74, 6) is -2.53. The van der Waals surface area contributed by atoms with E-state index < -0.39 is 17.9 Å².